The number of pyridine rings is 1. The lowest BCUT2D eigenvalue weighted by Gasteiger charge is -2.09. The van der Waals surface area contributed by atoms with Crippen molar-refractivity contribution < 1.29 is 18.0 Å². The molecule has 0 aliphatic heterocycles. The first kappa shape index (κ1) is 16.3. The molecule has 2 aromatic rings. The van der Waals surface area contributed by atoms with Gasteiger partial charge in [-0.1, -0.05) is 25.2 Å². The topological polar surface area (TPSA) is 67.8 Å². The number of aryl methyl sites for hydroxylation is 1. The lowest BCUT2D eigenvalue weighted by atomic mass is 10.1. The number of anilines is 1. The Hall–Kier alpha value is -2.03. The highest BCUT2D eigenvalue weighted by atomic mass is 32.1. The maximum absolute atomic E-state index is 12.5. The minimum atomic E-state index is -4.54. The molecule has 0 unspecified atom stereocenters. The fourth-order valence-electron chi connectivity index (χ4n) is 1.64. The van der Waals surface area contributed by atoms with Crippen LogP contribution in [0, 0.1) is 6.92 Å². The molecular formula is C13H13F3N4OS. The van der Waals surface area contributed by atoms with Crippen molar-refractivity contribution in [3.8, 4) is 0 Å². The molecule has 0 radical (unpaired) electrons. The fourth-order valence-corrected chi connectivity index (χ4v) is 2.38. The molecule has 0 saturated carbocycles. The summed E-state index contributed by atoms with van der Waals surface area (Å²) < 4.78 is 37.6. The zero-order valence-electron chi connectivity index (χ0n) is 12.0. The highest BCUT2D eigenvalue weighted by Crippen LogP contribution is 2.28. The molecule has 1 N–H and O–H groups in total. The molecular weight excluding hydrogens is 317 g/mol. The smallest absolute Gasteiger partial charge is 0.296 e. The number of aromatic nitrogens is 3. The van der Waals surface area contributed by atoms with Gasteiger partial charge in [0.15, 0.2) is 0 Å². The minimum absolute atomic E-state index is 0.000855. The van der Waals surface area contributed by atoms with Crippen molar-refractivity contribution in [3.05, 3.63) is 34.1 Å². The third-order valence-corrected chi connectivity index (χ3v) is 3.92. The second-order valence-electron chi connectivity index (χ2n) is 4.88. The van der Waals surface area contributed by atoms with Crippen molar-refractivity contribution in [1.29, 1.82) is 0 Å². The molecule has 0 fully saturated rings. The molecule has 118 valence electrons. The molecule has 0 atom stereocenters. The van der Waals surface area contributed by atoms with Gasteiger partial charge in [-0.3, -0.25) is 10.1 Å². The standard InChI is InChI=1S/C13H13F3N4OS/c1-6(2)11-19-20-12(22-11)18-10(21)8-4-5-9(13(14,15)16)17-7(8)3/h4-6H,1-3H3,(H,18,20,21). The Morgan fingerprint density at radius 3 is 2.45 bits per heavy atom. The van der Waals surface area contributed by atoms with E-state index in [1.54, 1.807) is 0 Å². The lowest BCUT2D eigenvalue weighted by Crippen LogP contribution is -2.16. The molecule has 9 heteroatoms. The van der Waals surface area contributed by atoms with Crippen molar-refractivity contribution in [2.24, 2.45) is 0 Å². The Bertz CT molecular complexity index is 697. The summed E-state index contributed by atoms with van der Waals surface area (Å²) >= 11 is 1.22. The number of alkyl halides is 3. The maximum Gasteiger partial charge on any atom is 0.433 e. The van der Waals surface area contributed by atoms with Crippen molar-refractivity contribution in [3.63, 3.8) is 0 Å². The molecule has 1 amide bonds. The third-order valence-electron chi connectivity index (χ3n) is 2.78. The van der Waals surface area contributed by atoms with Crippen LogP contribution in [0.2, 0.25) is 0 Å². The molecule has 0 bridgehead atoms. The zero-order chi connectivity index (χ0) is 16.5. The molecule has 0 aromatic carbocycles. The number of rotatable bonds is 3. The Morgan fingerprint density at radius 2 is 1.95 bits per heavy atom. The first-order chi connectivity index (χ1) is 10.2. The van der Waals surface area contributed by atoms with Crippen LogP contribution < -0.4 is 5.32 Å². The van der Waals surface area contributed by atoms with E-state index in [0.717, 1.165) is 17.1 Å². The Kier molecular flexibility index (Phi) is 4.45. The van der Waals surface area contributed by atoms with Gasteiger partial charge in [-0.25, -0.2) is 4.98 Å². The van der Waals surface area contributed by atoms with E-state index in [2.05, 4.69) is 20.5 Å². The fraction of sp³-hybridized carbons (Fsp3) is 0.385. The average molecular weight is 330 g/mol. The van der Waals surface area contributed by atoms with Crippen molar-refractivity contribution in [2.75, 3.05) is 5.32 Å². The number of carbonyl (C=O) groups is 1. The molecule has 0 aliphatic rings. The Balaban J connectivity index is 2.19. The van der Waals surface area contributed by atoms with E-state index in [0.29, 0.717) is 5.13 Å². The van der Waals surface area contributed by atoms with E-state index < -0.39 is 17.8 Å². The van der Waals surface area contributed by atoms with Gasteiger partial charge in [0.2, 0.25) is 5.13 Å². The van der Waals surface area contributed by atoms with E-state index >= 15 is 0 Å². The summed E-state index contributed by atoms with van der Waals surface area (Å²) in [4.78, 5) is 15.5. The van der Waals surface area contributed by atoms with Crippen LogP contribution in [-0.4, -0.2) is 21.1 Å². The van der Waals surface area contributed by atoms with E-state index in [9.17, 15) is 18.0 Å². The van der Waals surface area contributed by atoms with Gasteiger partial charge in [-0.2, -0.15) is 13.2 Å². The second kappa shape index (κ2) is 5.99. The molecule has 0 aliphatic carbocycles. The molecule has 0 spiro atoms. The summed E-state index contributed by atoms with van der Waals surface area (Å²) in [5.41, 5.74) is -0.963. The van der Waals surface area contributed by atoms with Gasteiger partial charge < -0.3 is 0 Å². The van der Waals surface area contributed by atoms with E-state index in [1.807, 2.05) is 13.8 Å². The highest BCUT2D eigenvalue weighted by Gasteiger charge is 2.33. The number of nitrogens with zero attached hydrogens (tertiary/aromatic N) is 3. The maximum atomic E-state index is 12.5. The van der Waals surface area contributed by atoms with Crippen LogP contribution in [0.3, 0.4) is 0 Å². The SMILES string of the molecule is Cc1nc(C(F)(F)F)ccc1C(=O)Nc1nnc(C(C)C)s1. The van der Waals surface area contributed by atoms with Crippen molar-refractivity contribution in [1.82, 2.24) is 15.2 Å². The first-order valence-electron chi connectivity index (χ1n) is 6.38. The highest BCUT2D eigenvalue weighted by molar-refractivity contribution is 7.15. The number of halogens is 3. The normalized spacial score (nSPS) is 11.8. The molecule has 2 heterocycles. The van der Waals surface area contributed by atoms with Crippen LogP contribution in [0.5, 0.6) is 0 Å². The number of nitrogens with one attached hydrogen (secondary N) is 1. The van der Waals surface area contributed by atoms with Crippen molar-refractivity contribution >= 4 is 22.4 Å². The third kappa shape index (κ3) is 3.59. The van der Waals surface area contributed by atoms with Crippen LogP contribution in [0.25, 0.3) is 0 Å². The van der Waals surface area contributed by atoms with Gasteiger partial charge >= 0.3 is 6.18 Å². The number of hydrogen-bond donors (Lipinski definition) is 1. The van der Waals surface area contributed by atoms with Gasteiger partial charge in [-0.05, 0) is 19.1 Å². The number of hydrogen-bond acceptors (Lipinski definition) is 5. The average Bonchev–Trinajstić information content (AvgIpc) is 2.86. The Morgan fingerprint density at radius 1 is 1.27 bits per heavy atom. The largest absolute Gasteiger partial charge is 0.433 e. The second-order valence-corrected chi connectivity index (χ2v) is 5.89. The minimum Gasteiger partial charge on any atom is -0.296 e. The van der Waals surface area contributed by atoms with Crippen LogP contribution in [-0.2, 0) is 6.18 Å². The Labute approximate surface area is 128 Å². The van der Waals surface area contributed by atoms with Crippen LogP contribution in [0.15, 0.2) is 12.1 Å². The van der Waals surface area contributed by atoms with Gasteiger partial charge in [0.05, 0.1) is 11.3 Å². The number of carbonyl (C=O) groups excluding carboxylic acids is 1. The summed E-state index contributed by atoms with van der Waals surface area (Å²) in [6, 6.07) is 1.88. The van der Waals surface area contributed by atoms with Crippen LogP contribution >= 0.6 is 11.3 Å². The zero-order valence-corrected chi connectivity index (χ0v) is 12.8. The molecule has 22 heavy (non-hydrogen) atoms. The summed E-state index contributed by atoms with van der Waals surface area (Å²) in [5.74, 6) is -0.386. The summed E-state index contributed by atoms with van der Waals surface area (Å²) in [6.45, 7) is 5.23. The summed E-state index contributed by atoms with van der Waals surface area (Å²) in [6.07, 6.45) is -4.54. The molecule has 2 aromatic heterocycles. The van der Waals surface area contributed by atoms with Crippen LogP contribution in [0.1, 0.15) is 46.5 Å². The molecule has 2 rings (SSSR count). The van der Waals surface area contributed by atoms with Crippen LogP contribution in [0.4, 0.5) is 18.3 Å². The van der Waals surface area contributed by atoms with Gasteiger partial charge in [-0.15, -0.1) is 10.2 Å². The summed E-state index contributed by atoms with van der Waals surface area (Å²) in [5, 5.41) is 11.3. The van der Waals surface area contributed by atoms with E-state index in [1.165, 1.54) is 18.3 Å². The summed E-state index contributed by atoms with van der Waals surface area (Å²) in [7, 11) is 0. The molecule has 0 saturated heterocycles. The van der Waals surface area contributed by atoms with Crippen molar-refractivity contribution in [2.45, 2.75) is 32.9 Å². The molecule has 5 nitrogen and oxygen atoms in total. The lowest BCUT2D eigenvalue weighted by molar-refractivity contribution is -0.141. The quantitative estimate of drug-likeness (QED) is 0.933. The van der Waals surface area contributed by atoms with Gasteiger partial charge in [0, 0.05) is 5.92 Å². The van der Waals surface area contributed by atoms with Gasteiger partial charge in [0.25, 0.3) is 5.91 Å². The van der Waals surface area contributed by atoms with E-state index in [-0.39, 0.29) is 17.2 Å². The van der Waals surface area contributed by atoms with E-state index in [4.69, 9.17) is 0 Å². The number of amides is 1. The predicted octanol–water partition coefficient (Wildman–Crippen LogP) is 3.64. The monoisotopic (exact) mass is 330 g/mol. The predicted molar refractivity (Wildman–Crippen MR) is 75.9 cm³/mol. The van der Waals surface area contributed by atoms with Gasteiger partial charge in [0.1, 0.15) is 10.7 Å². The first-order valence-corrected chi connectivity index (χ1v) is 7.19.